The Morgan fingerprint density at radius 2 is 2.00 bits per heavy atom. The molecule has 0 radical (unpaired) electrons. The van der Waals surface area contributed by atoms with E-state index in [0.717, 1.165) is 24.2 Å². The fraction of sp³-hybridized carbons (Fsp3) is 0.462. The van der Waals surface area contributed by atoms with Gasteiger partial charge in [-0.3, -0.25) is 4.79 Å². The molecule has 1 fully saturated rings. The van der Waals surface area contributed by atoms with Crippen molar-refractivity contribution < 1.29 is 4.79 Å². The fourth-order valence-corrected chi connectivity index (χ4v) is 3.00. The Morgan fingerprint density at radius 1 is 1.24 bits per heavy atom. The van der Waals surface area contributed by atoms with E-state index in [0.29, 0.717) is 5.92 Å². The summed E-state index contributed by atoms with van der Waals surface area (Å²) in [6.45, 7) is 5.98. The normalized spacial score (nSPS) is 25.6. The Kier molecular flexibility index (Phi) is 3.15. The highest BCUT2D eigenvalue weighted by Crippen LogP contribution is 2.32. The molecule has 0 unspecified atom stereocenters. The van der Waals surface area contributed by atoms with E-state index in [-0.39, 0.29) is 24.4 Å². The Morgan fingerprint density at radius 3 is 2.76 bits per heavy atom. The maximum Gasteiger partial charge on any atom is 0.252 e. The predicted molar refractivity (Wildman–Crippen MR) is 70.0 cm³/mol. The quantitative estimate of drug-likeness (QED) is 0.735. The minimum atomic E-state index is 0. The van der Waals surface area contributed by atoms with Crippen LogP contribution in [0.2, 0.25) is 0 Å². The molecule has 0 spiro atoms. The first-order valence-corrected chi connectivity index (χ1v) is 5.79. The van der Waals surface area contributed by atoms with Crippen LogP contribution < -0.4 is 10.6 Å². The number of rotatable bonds is 0. The van der Waals surface area contributed by atoms with Gasteiger partial charge in [0, 0.05) is 30.6 Å². The first-order valence-electron chi connectivity index (χ1n) is 5.79. The molecule has 2 N–H and O–H groups in total. The summed E-state index contributed by atoms with van der Waals surface area (Å²) in [7, 11) is 0. The molecule has 3 nitrogen and oxygen atoms in total. The van der Waals surface area contributed by atoms with Crippen molar-refractivity contribution in [2.24, 2.45) is 0 Å². The fourth-order valence-electron chi connectivity index (χ4n) is 3.00. The average Bonchev–Trinajstić information content (AvgIpc) is 2.64. The molecule has 0 aliphatic carbocycles. The van der Waals surface area contributed by atoms with Crippen molar-refractivity contribution in [1.29, 1.82) is 0 Å². The zero-order valence-corrected chi connectivity index (χ0v) is 10.9. The van der Waals surface area contributed by atoms with Gasteiger partial charge in [0.25, 0.3) is 5.91 Å². The van der Waals surface area contributed by atoms with Gasteiger partial charge < -0.3 is 10.6 Å². The van der Waals surface area contributed by atoms with Gasteiger partial charge in [-0.05, 0) is 25.0 Å². The molecule has 2 atom stereocenters. The van der Waals surface area contributed by atoms with Gasteiger partial charge in [0.2, 0.25) is 0 Å². The van der Waals surface area contributed by atoms with Crippen molar-refractivity contribution in [3.63, 3.8) is 0 Å². The third-order valence-corrected chi connectivity index (χ3v) is 3.67. The zero-order chi connectivity index (χ0) is 11.3. The highest BCUT2D eigenvalue weighted by molar-refractivity contribution is 5.99. The van der Waals surface area contributed by atoms with E-state index >= 15 is 0 Å². The van der Waals surface area contributed by atoms with E-state index in [1.165, 1.54) is 11.1 Å². The molecule has 2 aliphatic heterocycles. The highest BCUT2D eigenvalue weighted by Gasteiger charge is 2.37. The van der Waals surface area contributed by atoms with Gasteiger partial charge in [-0.25, -0.2) is 0 Å². The number of benzene rings is 1. The van der Waals surface area contributed by atoms with Crippen LogP contribution in [0.5, 0.6) is 0 Å². The third-order valence-electron chi connectivity index (χ3n) is 3.67. The second kappa shape index (κ2) is 4.31. The van der Waals surface area contributed by atoms with Gasteiger partial charge in [-0.15, -0.1) is 12.4 Å². The van der Waals surface area contributed by atoms with Crippen LogP contribution in [0.4, 0.5) is 0 Å². The van der Waals surface area contributed by atoms with Crippen LogP contribution in [0.1, 0.15) is 33.0 Å². The summed E-state index contributed by atoms with van der Waals surface area (Å²) in [6.07, 6.45) is 0. The van der Waals surface area contributed by atoms with Gasteiger partial charge in [0.05, 0.1) is 0 Å². The standard InChI is InChI=1S/C13H16N2O.ClH/c1-7-3-8(2)12-9(4-7)10-5-14-6-11(10)15-13(12)16;/h3-4,10-11,14H,5-6H2,1-2H3,(H,15,16);1H/t10-,11+;/m0./s1. The van der Waals surface area contributed by atoms with E-state index in [1.807, 2.05) is 6.92 Å². The molecule has 2 heterocycles. The zero-order valence-electron chi connectivity index (χ0n) is 10.0. The molecule has 0 aromatic heterocycles. The molecular weight excluding hydrogens is 236 g/mol. The molecular formula is C13H17ClN2O. The van der Waals surface area contributed by atoms with Crippen LogP contribution in [-0.4, -0.2) is 25.0 Å². The summed E-state index contributed by atoms with van der Waals surface area (Å²) < 4.78 is 0. The average molecular weight is 253 g/mol. The maximum absolute atomic E-state index is 12.0. The van der Waals surface area contributed by atoms with E-state index < -0.39 is 0 Å². The predicted octanol–water partition coefficient (Wildman–Crippen LogP) is 1.52. The SMILES string of the molecule is Cc1cc(C)c2c(c1)[C@@H]1CNC[C@H]1NC2=O.Cl. The summed E-state index contributed by atoms with van der Waals surface area (Å²) >= 11 is 0. The summed E-state index contributed by atoms with van der Waals surface area (Å²) in [5.74, 6) is 0.545. The van der Waals surface area contributed by atoms with Gasteiger partial charge in [-0.2, -0.15) is 0 Å². The van der Waals surface area contributed by atoms with E-state index in [2.05, 4.69) is 29.7 Å². The smallest absolute Gasteiger partial charge is 0.252 e. The Hall–Kier alpha value is -1.06. The monoisotopic (exact) mass is 252 g/mol. The molecule has 17 heavy (non-hydrogen) atoms. The van der Waals surface area contributed by atoms with E-state index in [4.69, 9.17) is 0 Å². The lowest BCUT2D eigenvalue weighted by atomic mass is 9.83. The second-order valence-electron chi connectivity index (χ2n) is 4.89. The largest absolute Gasteiger partial charge is 0.347 e. The summed E-state index contributed by atoms with van der Waals surface area (Å²) in [5.41, 5.74) is 4.47. The van der Waals surface area contributed by atoms with Gasteiger partial charge in [0.15, 0.2) is 0 Å². The number of hydrogen-bond donors (Lipinski definition) is 2. The van der Waals surface area contributed by atoms with Crippen molar-refractivity contribution in [3.05, 3.63) is 34.4 Å². The number of fused-ring (bicyclic) bond motifs is 3. The van der Waals surface area contributed by atoms with E-state index in [1.54, 1.807) is 0 Å². The number of amides is 1. The van der Waals surface area contributed by atoms with Crippen LogP contribution in [0.15, 0.2) is 12.1 Å². The lowest BCUT2D eigenvalue weighted by Crippen LogP contribution is -2.44. The lowest BCUT2D eigenvalue weighted by molar-refractivity contribution is 0.0923. The Balaban J connectivity index is 0.00000108. The molecule has 3 rings (SSSR count). The first kappa shape index (κ1) is 12.4. The number of halogens is 1. The van der Waals surface area contributed by atoms with E-state index in [9.17, 15) is 4.79 Å². The number of aryl methyl sites for hydroxylation is 2. The highest BCUT2D eigenvalue weighted by atomic mass is 35.5. The van der Waals surface area contributed by atoms with Crippen LogP contribution in [0, 0.1) is 13.8 Å². The minimum absolute atomic E-state index is 0. The maximum atomic E-state index is 12.0. The Bertz CT molecular complexity index is 473. The van der Waals surface area contributed by atoms with Crippen molar-refractivity contribution in [3.8, 4) is 0 Å². The topological polar surface area (TPSA) is 41.1 Å². The van der Waals surface area contributed by atoms with Crippen molar-refractivity contribution in [1.82, 2.24) is 10.6 Å². The number of carbonyl (C=O) groups is 1. The van der Waals surface area contributed by atoms with Crippen LogP contribution >= 0.6 is 12.4 Å². The van der Waals surface area contributed by atoms with Crippen LogP contribution in [0.3, 0.4) is 0 Å². The molecule has 1 aromatic rings. The molecule has 0 saturated carbocycles. The number of nitrogens with one attached hydrogen (secondary N) is 2. The third kappa shape index (κ3) is 1.83. The number of hydrogen-bond acceptors (Lipinski definition) is 2. The number of carbonyl (C=O) groups excluding carboxylic acids is 1. The van der Waals surface area contributed by atoms with Crippen molar-refractivity contribution >= 4 is 18.3 Å². The molecule has 4 heteroatoms. The first-order chi connectivity index (χ1) is 7.66. The van der Waals surface area contributed by atoms with Gasteiger partial charge >= 0.3 is 0 Å². The molecule has 2 aliphatic rings. The Labute approximate surface area is 107 Å². The van der Waals surface area contributed by atoms with Gasteiger partial charge in [0.1, 0.15) is 0 Å². The van der Waals surface area contributed by atoms with Crippen LogP contribution in [0.25, 0.3) is 0 Å². The van der Waals surface area contributed by atoms with Crippen LogP contribution in [-0.2, 0) is 0 Å². The molecule has 1 saturated heterocycles. The van der Waals surface area contributed by atoms with Crippen molar-refractivity contribution in [2.45, 2.75) is 25.8 Å². The summed E-state index contributed by atoms with van der Waals surface area (Å²) in [4.78, 5) is 12.0. The molecule has 1 amide bonds. The molecule has 1 aromatic carbocycles. The van der Waals surface area contributed by atoms with Gasteiger partial charge in [-0.1, -0.05) is 17.7 Å². The summed E-state index contributed by atoms with van der Waals surface area (Å²) in [6, 6.07) is 4.54. The summed E-state index contributed by atoms with van der Waals surface area (Å²) in [5, 5.41) is 6.44. The van der Waals surface area contributed by atoms with Crippen molar-refractivity contribution in [2.75, 3.05) is 13.1 Å². The second-order valence-corrected chi connectivity index (χ2v) is 4.89. The molecule has 0 bridgehead atoms. The molecule has 92 valence electrons. The lowest BCUT2D eigenvalue weighted by Gasteiger charge is -2.29. The minimum Gasteiger partial charge on any atom is -0.347 e.